The number of aromatic nitrogens is 3. The summed E-state index contributed by atoms with van der Waals surface area (Å²) in [5, 5.41) is 7.63. The van der Waals surface area contributed by atoms with E-state index < -0.39 is 23.6 Å². The molecule has 1 atom stereocenters. The van der Waals surface area contributed by atoms with Crippen molar-refractivity contribution in [3.05, 3.63) is 60.4 Å². The van der Waals surface area contributed by atoms with Gasteiger partial charge in [0.1, 0.15) is 0 Å². The number of nitrogens with zero attached hydrogens (tertiary/aromatic N) is 4. The maximum absolute atomic E-state index is 13.5. The van der Waals surface area contributed by atoms with Gasteiger partial charge >= 0.3 is 0 Å². The van der Waals surface area contributed by atoms with Crippen molar-refractivity contribution in [3.8, 4) is 17.1 Å². The summed E-state index contributed by atoms with van der Waals surface area (Å²) in [6.45, 7) is 8.62. The maximum atomic E-state index is 13.5. The molecule has 1 aliphatic rings. The van der Waals surface area contributed by atoms with Crippen molar-refractivity contribution in [3.63, 3.8) is 0 Å². The van der Waals surface area contributed by atoms with Gasteiger partial charge in [0.15, 0.2) is 5.82 Å². The molecule has 0 radical (unpaired) electrons. The van der Waals surface area contributed by atoms with Crippen LogP contribution in [-0.4, -0.2) is 64.7 Å². The first kappa shape index (κ1) is 27.3. The van der Waals surface area contributed by atoms with E-state index in [2.05, 4.69) is 41.2 Å². The Morgan fingerprint density at radius 1 is 1.11 bits per heavy atom. The molecule has 2 aromatic heterocycles. The quantitative estimate of drug-likeness (QED) is 0.375. The number of carbonyl (C=O) groups excluding carboxylic acids is 2. The lowest BCUT2D eigenvalue weighted by molar-refractivity contribution is -0.190. The minimum absolute atomic E-state index is 0.228. The van der Waals surface area contributed by atoms with E-state index in [0.717, 1.165) is 42.9 Å². The van der Waals surface area contributed by atoms with Gasteiger partial charge in [-0.05, 0) is 50.6 Å². The number of nitrogens with two attached hydrogens (primary N) is 1. The third-order valence-electron chi connectivity index (χ3n) is 6.80. The Hall–Kier alpha value is -3.76. The van der Waals surface area contributed by atoms with Crippen LogP contribution in [0.3, 0.4) is 0 Å². The zero-order chi connectivity index (χ0) is 27.1. The fourth-order valence-electron chi connectivity index (χ4n) is 4.73. The minimum Gasteiger partial charge on any atom is -0.372 e. The molecule has 4 rings (SSSR count). The molecule has 0 spiro atoms. The van der Waals surface area contributed by atoms with Gasteiger partial charge in [0.2, 0.25) is 0 Å². The number of benzene rings is 1. The largest absolute Gasteiger partial charge is 0.372 e. The van der Waals surface area contributed by atoms with Crippen LogP contribution in [-0.2, 0) is 14.3 Å². The van der Waals surface area contributed by atoms with Crippen LogP contribution in [0.25, 0.3) is 17.1 Å². The highest BCUT2D eigenvalue weighted by Gasteiger charge is 2.50. The van der Waals surface area contributed by atoms with Gasteiger partial charge in [-0.15, -0.1) is 0 Å². The molecule has 1 fully saturated rings. The van der Waals surface area contributed by atoms with E-state index >= 15 is 0 Å². The van der Waals surface area contributed by atoms with Gasteiger partial charge < -0.3 is 25.4 Å². The number of nitrogens with one attached hydrogen (secondary N) is 1. The second-order valence-corrected chi connectivity index (χ2v) is 9.14. The number of primary amides is 1. The fourth-order valence-corrected chi connectivity index (χ4v) is 4.73. The molecule has 2 amide bonds. The summed E-state index contributed by atoms with van der Waals surface area (Å²) in [5.74, 6) is -2.50. The maximum Gasteiger partial charge on any atom is 0.280 e. The number of pyridine rings is 1. The molecule has 0 saturated carbocycles. The van der Waals surface area contributed by atoms with Gasteiger partial charge in [-0.3, -0.25) is 9.59 Å². The first-order chi connectivity index (χ1) is 18.4. The molecule has 3 heterocycles. The Labute approximate surface area is 223 Å². The van der Waals surface area contributed by atoms with Crippen molar-refractivity contribution in [2.24, 2.45) is 5.73 Å². The summed E-state index contributed by atoms with van der Waals surface area (Å²) in [6.07, 6.45) is 5.47. The van der Waals surface area contributed by atoms with Gasteiger partial charge in [-0.1, -0.05) is 31.9 Å². The second-order valence-electron chi connectivity index (χ2n) is 9.14. The Bertz CT molecular complexity index is 1230. The number of rotatable bonds is 12. The van der Waals surface area contributed by atoms with Crippen LogP contribution in [0.15, 0.2) is 54.9 Å². The monoisotopic (exact) mass is 520 g/mol. The lowest BCUT2D eigenvalue weighted by Gasteiger charge is -2.33. The Morgan fingerprint density at radius 2 is 1.82 bits per heavy atom. The number of unbranched alkanes of at least 4 members (excludes halogenated alkanes) is 1. The fraction of sp³-hybridized carbons (Fsp3) is 0.429. The van der Waals surface area contributed by atoms with E-state index in [4.69, 9.17) is 20.3 Å². The third kappa shape index (κ3) is 5.56. The molecule has 1 unspecified atom stereocenters. The van der Waals surface area contributed by atoms with Crippen molar-refractivity contribution in [2.45, 2.75) is 51.9 Å². The molecule has 3 N–H and O–H groups in total. The van der Waals surface area contributed by atoms with E-state index in [9.17, 15) is 9.59 Å². The molecule has 10 nitrogen and oxygen atoms in total. The van der Waals surface area contributed by atoms with E-state index in [-0.39, 0.29) is 13.2 Å². The molecule has 0 aliphatic carbocycles. The molecule has 38 heavy (non-hydrogen) atoms. The Morgan fingerprint density at radius 3 is 2.45 bits per heavy atom. The normalized spacial score (nSPS) is 15.2. The SMILES string of the molecule is CCCCC(NC(=O)c1cccnc1-n1ccc(-c2ccc(N(CC)CC)cc2)n1)C1(C(N)=O)OCCO1. The number of hydrogen-bond donors (Lipinski definition) is 2. The van der Waals surface area contributed by atoms with Gasteiger partial charge in [0.05, 0.1) is 30.5 Å². The van der Waals surface area contributed by atoms with Crippen LogP contribution in [0.2, 0.25) is 0 Å². The molecular formula is C28H36N6O4. The lowest BCUT2D eigenvalue weighted by atomic mass is 9.99. The van der Waals surface area contributed by atoms with Crippen LogP contribution in [0, 0.1) is 0 Å². The van der Waals surface area contributed by atoms with Crippen LogP contribution >= 0.6 is 0 Å². The number of amides is 2. The van der Waals surface area contributed by atoms with E-state index in [1.807, 2.05) is 25.1 Å². The van der Waals surface area contributed by atoms with Crippen LogP contribution in [0.5, 0.6) is 0 Å². The third-order valence-corrected chi connectivity index (χ3v) is 6.80. The molecule has 202 valence electrons. The first-order valence-electron chi connectivity index (χ1n) is 13.2. The molecule has 3 aromatic rings. The Balaban J connectivity index is 1.59. The first-order valence-corrected chi connectivity index (χ1v) is 13.2. The highest BCUT2D eigenvalue weighted by molar-refractivity contribution is 5.98. The zero-order valence-corrected chi connectivity index (χ0v) is 22.2. The predicted molar refractivity (Wildman–Crippen MR) is 145 cm³/mol. The summed E-state index contributed by atoms with van der Waals surface area (Å²) < 4.78 is 12.9. The molecule has 1 aromatic carbocycles. The highest BCUT2D eigenvalue weighted by Crippen LogP contribution is 2.28. The van der Waals surface area contributed by atoms with Crippen LogP contribution in [0.4, 0.5) is 5.69 Å². The number of ether oxygens (including phenoxy) is 2. The lowest BCUT2D eigenvalue weighted by Crippen LogP contribution is -2.60. The van der Waals surface area contributed by atoms with Crippen LogP contribution in [0.1, 0.15) is 50.4 Å². The van der Waals surface area contributed by atoms with Gasteiger partial charge in [0, 0.05) is 36.7 Å². The van der Waals surface area contributed by atoms with E-state index in [0.29, 0.717) is 17.8 Å². The van der Waals surface area contributed by atoms with Gasteiger partial charge in [-0.2, -0.15) is 5.10 Å². The molecule has 10 heteroatoms. The van der Waals surface area contributed by atoms with E-state index in [1.165, 1.54) is 0 Å². The van der Waals surface area contributed by atoms with Crippen molar-refractivity contribution in [1.82, 2.24) is 20.1 Å². The average molecular weight is 521 g/mol. The smallest absolute Gasteiger partial charge is 0.280 e. The van der Waals surface area contributed by atoms with E-state index in [1.54, 1.807) is 29.2 Å². The number of carbonyl (C=O) groups is 2. The predicted octanol–water partition coefficient (Wildman–Crippen LogP) is 3.30. The number of hydrogen-bond acceptors (Lipinski definition) is 7. The summed E-state index contributed by atoms with van der Waals surface area (Å²) in [5.41, 5.74) is 8.85. The molecular weight excluding hydrogens is 484 g/mol. The van der Waals surface area contributed by atoms with Gasteiger partial charge in [0.25, 0.3) is 17.6 Å². The Kier molecular flexibility index (Phi) is 8.75. The van der Waals surface area contributed by atoms with Crippen molar-refractivity contribution >= 4 is 17.5 Å². The van der Waals surface area contributed by atoms with Gasteiger partial charge in [-0.25, -0.2) is 9.67 Å². The highest BCUT2D eigenvalue weighted by atomic mass is 16.7. The standard InChI is InChI=1S/C28H36N6O4/c1-4-7-10-24(28(27(29)36)37-18-19-38-28)31-26(35)22-9-8-16-30-25(22)34-17-15-23(32-34)20-11-13-21(14-12-20)33(5-2)6-3/h8-9,11-17,24H,4-7,10,18-19H2,1-3H3,(H2,29,36)(H,31,35). The summed E-state index contributed by atoms with van der Waals surface area (Å²) in [7, 11) is 0. The number of anilines is 1. The van der Waals surface area contributed by atoms with Crippen molar-refractivity contribution in [1.29, 1.82) is 0 Å². The summed E-state index contributed by atoms with van der Waals surface area (Å²) >= 11 is 0. The second kappa shape index (κ2) is 12.2. The zero-order valence-electron chi connectivity index (χ0n) is 22.2. The molecule has 1 aliphatic heterocycles. The topological polar surface area (TPSA) is 125 Å². The average Bonchev–Trinajstić information content (AvgIpc) is 3.63. The summed E-state index contributed by atoms with van der Waals surface area (Å²) in [6, 6.07) is 12.7. The molecule has 1 saturated heterocycles. The molecule has 0 bridgehead atoms. The minimum atomic E-state index is -1.69. The van der Waals surface area contributed by atoms with Crippen molar-refractivity contribution < 1.29 is 19.1 Å². The summed E-state index contributed by atoms with van der Waals surface area (Å²) in [4.78, 5) is 32.6. The van der Waals surface area contributed by atoms with Crippen LogP contribution < -0.4 is 16.0 Å². The van der Waals surface area contributed by atoms with Crippen molar-refractivity contribution in [2.75, 3.05) is 31.2 Å².